The zero-order chi connectivity index (χ0) is 23.4. The summed E-state index contributed by atoms with van der Waals surface area (Å²) in [5, 5.41) is 13.5. The molecule has 168 valence electrons. The molecular formula is C17H11ClF7N3O3. The van der Waals surface area contributed by atoms with Gasteiger partial charge in [0.2, 0.25) is 0 Å². The fraction of sp³-hybridized carbons (Fsp3) is 0.235. The molecule has 31 heavy (non-hydrogen) atoms. The summed E-state index contributed by atoms with van der Waals surface area (Å²) in [5.41, 5.74) is 0.700. The minimum Gasteiger partial charge on any atom is -0.488 e. The van der Waals surface area contributed by atoms with Crippen molar-refractivity contribution >= 4 is 23.5 Å². The molecule has 0 aliphatic rings. The van der Waals surface area contributed by atoms with E-state index in [4.69, 9.17) is 16.3 Å². The van der Waals surface area contributed by atoms with Gasteiger partial charge in [-0.2, -0.15) is 35.8 Å². The quantitative estimate of drug-likeness (QED) is 0.179. The molecule has 0 saturated carbocycles. The van der Waals surface area contributed by atoms with E-state index in [0.717, 1.165) is 6.07 Å². The van der Waals surface area contributed by atoms with Gasteiger partial charge in [-0.15, -0.1) is 0 Å². The maximum absolute atomic E-state index is 13.2. The number of non-ortho nitro benzene ring substituents is 1. The SMILES string of the molecule is O=[N+]([O-])c1ccc(COc2ccc(Cl)cc2/C=N\NC(F)(F)C(F)(F)C(F)(F)F)cc1. The third-order valence-electron chi connectivity index (χ3n) is 3.67. The van der Waals surface area contributed by atoms with Crippen molar-refractivity contribution in [1.82, 2.24) is 5.43 Å². The van der Waals surface area contributed by atoms with Crippen LogP contribution in [-0.4, -0.2) is 29.3 Å². The number of hydrogen-bond acceptors (Lipinski definition) is 5. The molecule has 2 aromatic carbocycles. The lowest BCUT2D eigenvalue weighted by Gasteiger charge is -2.27. The lowest BCUT2D eigenvalue weighted by molar-refractivity contribution is -0.384. The number of hydrogen-bond donors (Lipinski definition) is 1. The monoisotopic (exact) mass is 473 g/mol. The molecule has 0 aromatic heterocycles. The lowest BCUT2D eigenvalue weighted by Crippen LogP contribution is -2.58. The summed E-state index contributed by atoms with van der Waals surface area (Å²) in [7, 11) is 0. The molecule has 0 bridgehead atoms. The number of nitro groups is 1. The van der Waals surface area contributed by atoms with Crippen molar-refractivity contribution in [1.29, 1.82) is 0 Å². The minimum atomic E-state index is -6.51. The van der Waals surface area contributed by atoms with E-state index < -0.39 is 23.1 Å². The summed E-state index contributed by atoms with van der Waals surface area (Å²) in [4.78, 5) is 10.0. The average molecular weight is 474 g/mol. The van der Waals surface area contributed by atoms with Crippen molar-refractivity contribution in [3.05, 3.63) is 68.7 Å². The van der Waals surface area contributed by atoms with Crippen LogP contribution in [0.5, 0.6) is 5.75 Å². The van der Waals surface area contributed by atoms with Gasteiger partial charge in [-0.1, -0.05) is 11.6 Å². The van der Waals surface area contributed by atoms with Gasteiger partial charge >= 0.3 is 18.1 Å². The van der Waals surface area contributed by atoms with Gasteiger partial charge in [0.15, 0.2) is 0 Å². The van der Waals surface area contributed by atoms with Gasteiger partial charge in [0.25, 0.3) is 5.69 Å². The predicted molar refractivity (Wildman–Crippen MR) is 95.6 cm³/mol. The Hall–Kier alpha value is -3.09. The number of nitrogens with one attached hydrogen (secondary N) is 1. The highest BCUT2D eigenvalue weighted by molar-refractivity contribution is 6.30. The number of benzene rings is 2. The highest BCUT2D eigenvalue weighted by Crippen LogP contribution is 2.45. The van der Waals surface area contributed by atoms with Crippen molar-refractivity contribution in [3.63, 3.8) is 0 Å². The molecule has 0 amide bonds. The van der Waals surface area contributed by atoms with Crippen LogP contribution in [0, 0.1) is 10.1 Å². The molecule has 14 heteroatoms. The van der Waals surface area contributed by atoms with Crippen LogP contribution in [0.2, 0.25) is 5.02 Å². The molecule has 0 unspecified atom stereocenters. The molecule has 6 nitrogen and oxygen atoms in total. The summed E-state index contributed by atoms with van der Waals surface area (Å²) in [6.45, 7) is -0.143. The Morgan fingerprint density at radius 2 is 1.68 bits per heavy atom. The van der Waals surface area contributed by atoms with Crippen molar-refractivity contribution in [2.75, 3.05) is 0 Å². The summed E-state index contributed by atoms with van der Waals surface area (Å²) < 4.78 is 94.0. The van der Waals surface area contributed by atoms with E-state index >= 15 is 0 Å². The minimum absolute atomic E-state index is 0.0285. The number of halogens is 8. The Morgan fingerprint density at radius 1 is 1.06 bits per heavy atom. The van der Waals surface area contributed by atoms with Gasteiger partial charge in [0, 0.05) is 22.7 Å². The molecule has 0 aliphatic heterocycles. The normalized spacial score (nSPS) is 12.8. The Kier molecular flexibility index (Phi) is 6.99. The lowest BCUT2D eigenvalue weighted by atomic mass is 10.2. The number of alkyl halides is 7. The van der Waals surface area contributed by atoms with Crippen LogP contribution < -0.4 is 10.2 Å². The van der Waals surface area contributed by atoms with E-state index in [2.05, 4.69) is 5.10 Å². The number of hydrazone groups is 1. The molecule has 2 rings (SSSR count). The standard InChI is InChI=1S/C17H11ClF7N3O3/c18-12-3-6-14(31-9-10-1-4-13(5-2-10)28(29)30)11(7-12)8-26-27-17(24,25)15(19,20)16(21,22)23/h1-8,27H,9H2/b26-8-. The van der Waals surface area contributed by atoms with Crippen LogP contribution in [0.3, 0.4) is 0 Å². The van der Waals surface area contributed by atoms with E-state index in [1.54, 1.807) is 0 Å². The highest BCUT2D eigenvalue weighted by atomic mass is 35.5. The van der Waals surface area contributed by atoms with E-state index in [9.17, 15) is 40.8 Å². The first-order valence-corrected chi connectivity index (χ1v) is 8.40. The summed E-state index contributed by atoms with van der Waals surface area (Å²) in [5.74, 6) is -6.40. The molecule has 0 fully saturated rings. The second kappa shape index (κ2) is 8.96. The smallest absolute Gasteiger partial charge is 0.462 e. The Labute approximate surface area is 174 Å². The first-order valence-electron chi connectivity index (χ1n) is 8.03. The topological polar surface area (TPSA) is 76.8 Å². The average Bonchev–Trinajstić information content (AvgIpc) is 2.66. The van der Waals surface area contributed by atoms with Crippen LogP contribution in [0.1, 0.15) is 11.1 Å². The maximum Gasteiger partial charge on any atom is 0.462 e. The molecule has 0 radical (unpaired) electrons. The first kappa shape index (κ1) is 24.2. The van der Waals surface area contributed by atoms with Crippen molar-refractivity contribution in [2.45, 2.75) is 24.8 Å². The number of nitro benzene ring substituents is 1. The van der Waals surface area contributed by atoms with Crippen LogP contribution >= 0.6 is 11.6 Å². The van der Waals surface area contributed by atoms with E-state index in [0.29, 0.717) is 17.2 Å². The van der Waals surface area contributed by atoms with Gasteiger partial charge in [-0.25, -0.2) is 5.43 Å². The molecule has 2 aromatic rings. The second-order valence-electron chi connectivity index (χ2n) is 5.91. The van der Waals surface area contributed by atoms with Crippen molar-refractivity contribution in [3.8, 4) is 5.75 Å². The number of nitrogens with zero attached hydrogens (tertiary/aromatic N) is 2. The van der Waals surface area contributed by atoms with Crippen LogP contribution in [0.15, 0.2) is 47.6 Å². The van der Waals surface area contributed by atoms with E-state index in [-0.39, 0.29) is 28.6 Å². The second-order valence-corrected chi connectivity index (χ2v) is 6.35. The molecule has 0 atom stereocenters. The highest BCUT2D eigenvalue weighted by Gasteiger charge is 2.73. The Morgan fingerprint density at radius 3 is 2.23 bits per heavy atom. The van der Waals surface area contributed by atoms with E-state index in [1.807, 2.05) is 0 Å². The fourth-order valence-electron chi connectivity index (χ4n) is 2.06. The molecule has 0 heterocycles. The zero-order valence-electron chi connectivity index (χ0n) is 15.0. The van der Waals surface area contributed by atoms with Crippen molar-refractivity contribution in [2.24, 2.45) is 5.10 Å². The molecule has 0 aliphatic carbocycles. The van der Waals surface area contributed by atoms with Gasteiger partial charge in [-0.3, -0.25) is 10.1 Å². The third-order valence-corrected chi connectivity index (χ3v) is 3.91. The molecule has 1 N–H and O–H groups in total. The maximum atomic E-state index is 13.2. The van der Waals surface area contributed by atoms with E-state index in [1.165, 1.54) is 36.4 Å². The third kappa shape index (κ3) is 5.75. The van der Waals surface area contributed by atoms with Gasteiger partial charge in [-0.05, 0) is 35.9 Å². The Bertz CT molecular complexity index is 966. The first-order chi connectivity index (χ1) is 14.2. The Balaban J connectivity index is 2.15. The molecular weight excluding hydrogens is 463 g/mol. The summed E-state index contributed by atoms with van der Waals surface area (Å²) in [6.07, 6.45) is -5.98. The van der Waals surface area contributed by atoms with Gasteiger partial charge in [0.05, 0.1) is 11.1 Å². The van der Waals surface area contributed by atoms with Crippen LogP contribution in [0.4, 0.5) is 36.4 Å². The summed E-state index contributed by atoms with van der Waals surface area (Å²) >= 11 is 5.76. The van der Waals surface area contributed by atoms with Crippen molar-refractivity contribution < 1.29 is 40.4 Å². The van der Waals surface area contributed by atoms with Gasteiger partial charge < -0.3 is 4.74 Å². The fourth-order valence-corrected chi connectivity index (χ4v) is 2.24. The largest absolute Gasteiger partial charge is 0.488 e. The van der Waals surface area contributed by atoms with Crippen LogP contribution in [0.25, 0.3) is 0 Å². The number of ether oxygens (including phenoxy) is 1. The predicted octanol–water partition coefficient (Wildman–Crippen LogP) is 5.54. The summed E-state index contributed by atoms with van der Waals surface area (Å²) in [6, 6.07) is 3.25. The van der Waals surface area contributed by atoms with Crippen LogP contribution in [-0.2, 0) is 6.61 Å². The molecule has 0 spiro atoms. The number of rotatable bonds is 8. The van der Waals surface area contributed by atoms with Gasteiger partial charge in [0.1, 0.15) is 12.4 Å². The molecule has 0 saturated heterocycles. The zero-order valence-corrected chi connectivity index (χ0v) is 15.7.